The molecule has 2 N–H and O–H groups in total. The number of hydrogen-bond acceptors (Lipinski definition) is 3. The summed E-state index contributed by atoms with van der Waals surface area (Å²) in [6, 6.07) is 4.69. The smallest absolute Gasteiger partial charge is 0.335 e. The number of benzene rings is 1. The van der Waals surface area contributed by atoms with Crippen LogP contribution in [0.2, 0.25) is 0 Å². The Hall–Kier alpha value is -1.95. The van der Waals surface area contributed by atoms with Crippen molar-refractivity contribution in [3.05, 3.63) is 29.3 Å². The average molecular weight is 292 g/mol. The van der Waals surface area contributed by atoms with Crippen molar-refractivity contribution in [2.75, 3.05) is 24.5 Å². The van der Waals surface area contributed by atoms with Crippen LogP contribution in [0.25, 0.3) is 0 Å². The molecule has 2 atom stereocenters. The predicted octanol–water partition coefficient (Wildman–Crippen LogP) is 1.36. The van der Waals surface area contributed by atoms with Crippen LogP contribution in [0.1, 0.15) is 22.3 Å². The van der Waals surface area contributed by atoms with Gasteiger partial charge < -0.3 is 15.3 Å². The number of carbonyl (C=O) groups excluding carboxylic acids is 1. The highest BCUT2D eigenvalue weighted by molar-refractivity contribution is 6.03. The van der Waals surface area contributed by atoms with E-state index in [0.717, 1.165) is 5.56 Å². The first-order valence-electron chi connectivity index (χ1n) is 6.98. The zero-order valence-electron chi connectivity index (χ0n) is 11.7. The highest BCUT2D eigenvalue weighted by Crippen LogP contribution is 2.39. The number of carboxylic acids is 1. The van der Waals surface area contributed by atoms with Crippen LogP contribution in [0.3, 0.4) is 0 Å². The maximum atomic E-state index is 14.9. The quantitative estimate of drug-likeness (QED) is 0.863. The molecule has 3 rings (SSSR count). The minimum absolute atomic E-state index is 0.110. The van der Waals surface area contributed by atoms with Gasteiger partial charge in [-0.15, -0.1) is 0 Å². The third-order valence-corrected chi connectivity index (χ3v) is 4.33. The number of nitrogens with zero attached hydrogens (tertiary/aromatic N) is 1. The van der Waals surface area contributed by atoms with Crippen molar-refractivity contribution >= 4 is 17.6 Å². The van der Waals surface area contributed by atoms with Gasteiger partial charge in [0, 0.05) is 31.1 Å². The molecular formula is C15H17FN2O3. The molecule has 2 aliphatic heterocycles. The molecule has 0 saturated carbocycles. The topological polar surface area (TPSA) is 69.6 Å². The van der Waals surface area contributed by atoms with Gasteiger partial charge in [0.2, 0.25) is 0 Å². The highest BCUT2D eigenvalue weighted by atomic mass is 19.1. The molecule has 5 nitrogen and oxygen atoms in total. The maximum Gasteiger partial charge on any atom is 0.335 e. The van der Waals surface area contributed by atoms with Gasteiger partial charge >= 0.3 is 5.97 Å². The van der Waals surface area contributed by atoms with Crippen LogP contribution < -0.4 is 10.2 Å². The van der Waals surface area contributed by atoms with E-state index in [2.05, 4.69) is 5.32 Å². The number of halogens is 1. The molecule has 2 heterocycles. The normalized spacial score (nSPS) is 28.6. The van der Waals surface area contributed by atoms with Crippen molar-refractivity contribution in [2.45, 2.75) is 19.0 Å². The van der Waals surface area contributed by atoms with Crippen molar-refractivity contribution in [3.63, 3.8) is 0 Å². The van der Waals surface area contributed by atoms with Crippen LogP contribution in [0.4, 0.5) is 10.1 Å². The van der Waals surface area contributed by atoms with Crippen LogP contribution >= 0.6 is 0 Å². The number of rotatable bonds is 2. The number of piperidine rings is 1. The number of aryl methyl sites for hydroxylation is 1. The standard InChI is InChI=1S/C15H17FN2O3/c1-9-4-10(13(19)20)6-12(5-9)18-8-11-7-17-3-2-15(11,16)14(18)21/h4-6,11,17H,2-3,7-8H2,1H3,(H,19,20)/t11-,15+/m0/s1. The second-order valence-corrected chi connectivity index (χ2v) is 5.79. The van der Waals surface area contributed by atoms with Crippen LogP contribution in [0, 0.1) is 12.8 Å². The Morgan fingerprint density at radius 2 is 2.24 bits per heavy atom. The molecular weight excluding hydrogens is 275 g/mol. The number of nitrogens with one attached hydrogen (secondary N) is 1. The fraction of sp³-hybridized carbons (Fsp3) is 0.467. The molecule has 112 valence electrons. The van der Waals surface area contributed by atoms with Gasteiger partial charge in [0.15, 0.2) is 5.67 Å². The Morgan fingerprint density at radius 1 is 1.48 bits per heavy atom. The molecule has 0 spiro atoms. The summed E-state index contributed by atoms with van der Waals surface area (Å²) in [5.41, 5.74) is -0.514. The molecule has 0 bridgehead atoms. The predicted molar refractivity (Wildman–Crippen MR) is 75.3 cm³/mol. The largest absolute Gasteiger partial charge is 0.478 e. The van der Waals surface area contributed by atoms with E-state index in [1.807, 2.05) is 0 Å². The van der Waals surface area contributed by atoms with E-state index in [1.165, 1.54) is 17.0 Å². The van der Waals surface area contributed by atoms with Gasteiger partial charge in [0.1, 0.15) is 0 Å². The number of amides is 1. The lowest BCUT2D eigenvalue weighted by Gasteiger charge is -2.29. The Kier molecular flexibility index (Phi) is 3.20. The van der Waals surface area contributed by atoms with Gasteiger partial charge in [-0.3, -0.25) is 4.79 Å². The zero-order valence-corrected chi connectivity index (χ0v) is 11.7. The summed E-state index contributed by atoms with van der Waals surface area (Å²) >= 11 is 0. The molecule has 21 heavy (non-hydrogen) atoms. The van der Waals surface area contributed by atoms with Gasteiger partial charge in [0.05, 0.1) is 5.56 Å². The van der Waals surface area contributed by atoms with E-state index in [9.17, 15) is 14.0 Å². The molecule has 2 aliphatic rings. The van der Waals surface area contributed by atoms with E-state index < -0.39 is 17.5 Å². The molecule has 1 aromatic carbocycles. The first kappa shape index (κ1) is 14.0. The number of anilines is 1. The molecule has 0 radical (unpaired) electrons. The number of fused-ring (bicyclic) bond motifs is 1. The molecule has 6 heteroatoms. The van der Waals surface area contributed by atoms with E-state index in [4.69, 9.17) is 5.11 Å². The van der Waals surface area contributed by atoms with Gasteiger partial charge in [-0.25, -0.2) is 9.18 Å². The van der Waals surface area contributed by atoms with Crippen LogP contribution in [-0.2, 0) is 4.79 Å². The number of alkyl halides is 1. The first-order chi connectivity index (χ1) is 9.91. The summed E-state index contributed by atoms with van der Waals surface area (Å²) in [4.78, 5) is 24.9. The number of carboxylic acid groups (broad SMARTS) is 1. The van der Waals surface area contributed by atoms with Crippen molar-refractivity contribution in [2.24, 2.45) is 5.92 Å². The van der Waals surface area contributed by atoms with Gasteiger partial charge in [-0.05, 0) is 37.2 Å². The Balaban J connectivity index is 1.98. The highest BCUT2D eigenvalue weighted by Gasteiger charge is 2.56. The maximum absolute atomic E-state index is 14.9. The van der Waals surface area contributed by atoms with E-state index in [-0.39, 0.29) is 24.4 Å². The van der Waals surface area contributed by atoms with Crippen molar-refractivity contribution in [1.82, 2.24) is 5.32 Å². The third kappa shape index (κ3) is 2.19. The second-order valence-electron chi connectivity index (χ2n) is 5.79. The number of carbonyl (C=O) groups is 2. The second kappa shape index (κ2) is 4.80. The summed E-state index contributed by atoms with van der Waals surface area (Å²) in [6.07, 6.45) is 0.171. The van der Waals surface area contributed by atoms with Gasteiger partial charge in [-0.2, -0.15) is 0 Å². The SMILES string of the molecule is Cc1cc(C(=O)O)cc(N2C[C@@H]3CNCC[C@]3(F)C2=O)c1. The lowest BCUT2D eigenvalue weighted by atomic mass is 9.86. The van der Waals surface area contributed by atoms with E-state index >= 15 is 0 Å². The monoisotopic (exact) mass is 292 g/mol. The lowest BCUT2D eigenvalue weighted by molar-refractivity contribution is -0.130. The van der Waals surface area contributed by atoms with Crippen LogP contribution in [-0.4, -0.2) is 42.3 Å². The molecule has 0 aromatic heterocycles. The van der Waals surface area contributed by atoms with Crippen LogP contribution in [0.15, 0.2) is 18.2 Å². The fourth-order valence-electron chi connectivity index (χ4n) is 3.20. The summed E-state index contributed by atoms with van der Waals surface area (Å²) in [5, 5.41) is 12.2. The molecule has 0 unspecified atom stereocenters. The van der Waals surface area contributed by atoms with Crippen LogP contribution in [0.5, 0.6) is 0 Å². The minimum Gasteiger partial charge on any atom is -0.478 e. The summed E-state index contributed by atoms with van der Waals surface area (Å²) in [5.74, 6) is -1.98. The Morgan fingerprint density at radius 3 is 2.90 bits per heavy atom. The van der Waals surface area contributed by atoms with Crippen molar-refractivity contribution < 1.29 is 19.1 Å². The summed E-state index contributed by atoms with van der Waals surface area (Å²) in [6.45, 7) is 3.00. The number of aromatic carboxylic acids is 1. The van der Waals surface area contributed by atoms with E-state index in [1.54, 1.807) is 13.0 Å². The zero-order chi connectivity index (χ0) is 15.2. The van der Waals surface area contributed by atoms with Crippen molar-refractivity contribution in [3.8, 4) is 0 Å². The van der Waals surface area contributed by atoms with Gasteiger partial charge in [0.25, 0.3) is 5.91 Å². The van der Waals surface area contributed by atoms with E-state index in [0.29, 0.717) is 18.8 Å². The molecule has 2 saturated heterocycles. The summed E-state index contributed by atoms with van der Waals surface area (Å²) < 4.78 is 14.9. The molecule has 0 aliphatic carbocycles. The molecule has 2 fully saturated rings. The molecule has 1 amide bonds. The Bertz CT molecular complexity index is 619. The lowest BCUT2D eigenvalue weighted by Crippen LogP contribution is -2.49. The van der Waals surface area contributed by atoms with Crippen molar-refractivity contribution in [1.29, 1.82) is 0 Å². The minimum atomic E-state index is -1.82. The first-order valence-corrected chi connectivity index (χ1v) is 6.98. The molecule has 1 aromatic rings. The van der Waals surface area contributed by atoms with Gasteiger partial charge in [-0.1, -0.05) is 0 Å². The third-order valence-electron chi connectivity index (χ3n) is 4.33. The summed E-state index contributed by atoms with van der Waals surface area (Å²) in [7, 11) is 0. The fourth-order valence-corrected chi connectivity index (χ4v) is 3.20. The Labute approximate surface area is 121 Å². The average Bonchev–Trinajstić information content (AvgIpc) is 2.71. The number of hydrogen-bond donors (Lipinski definition) is 2.